The molecule has 0 saturated heterocycles. The monoisotopic (exact) mass is 178 g/mol. The van der Waals surface area contributed by atoms with Gasteiger partial charge in [0.25, 0.3) is 0 Å². The van der Waals surface area contributed by atoms with E-state index in [2.05, 4.69) is 4.98 Å². The van der Waals surface area contributed by atoms with Gasteiger partial charge in [-0.1, -0.05) is 0 Å². The number of hydrogen-bond donors (Lipinski definition) is 2. The number of nitrogens with zero attached hydrogens (tertiary/aromatic N) is 1. The molecule has 0 amide bonds. The lowest BCUT2D eigenvalue weighted by Gasteiger charge is -1.89. The third-order valence-corrected chi connectivity index (χ3v) is 1.68. The van der Waals surface area contributed by atoms with Crippen molar-refractivity contribution in [3.63, 3.8) is 0 Å². The molecule has 2 aromatic heterocycles. The van der Waals surface area contributed by atoms with Crippen LogP contribution in [0.2, 0.25) is 0 Å². The SMILES string of the molecule is Nc1ccnc2oc(C(=O)O)cc12. The maximum atomic E-state index is 10.5. The normalized spacial score (nSPS) is 10.5. The molecule has 0 spiro atoms. The highest BCUT2D eigenvalue weighted by molar-refractivity contribution is 5.94. The summed E-state index contributed by atoms with van der Waals surface area (Å²) in [6, 6.07) is 2.95. The second kappa shape index (κ2) is 2.48. The first-order valence-corrected chi connectivity index (χ1v) is 3.56. The standard InChI is InChI=1S/C8H6N2O3/c9-5-1-2-10-7-4(5)3-6(13-7)8(11)12/h1-3H,(H2,9,10)(H,11,12). The Balaban J connectivity index is 2.75. The van der Waals surface area contributed by atoms with Gasteiger partial charge < -0.3 is 15.3 Å². The Morgan fingerprint density at radius 2 is 2.38 bits per heavy atom. The zero-order valence-electron chi connectivity index (χ0n) is 6.52. The van der Waals surface area contributed by atoms with Gasteiger partial charge >= 0.3 is 5.97 Å². The van der Waals surface area contributed by atoms with E-state index >= 15 is 0 Å². The van der Waals surface area contributed by atoms with E-state index in [9.17, 15) is 4.79 Å². The van der Waals surface area contributed by atoms with Crippen molar-refractivity contribution in [3.8, 4) is 0 Å². The van der Waals surface area contributed by atoms with Crippen LogP contribution in [-0.2, 0) is 0 Å². The van der Waals surface area contributed by atoms with Crippen molar-refractivity contribution in [2.24, 2.45) is 0 Å². The minimum Gasteiger partial charge on any atom is -0.475 e. The highest BCUT2D eigenvalue weighted by Gasteiger charge is 2.12. The number of hydrogen-bond acceptors (Lipinski definition) is 4. The summed E-state index contributed by atoms with van der Waals surface area (Å²) in [6.07, 6.45) is 1.47. The fraction of sp³-hybridized carbons (Fsp3) is 0. The van der Waals surface area contributed by atoms with Crippen LogP contribution >= 0.6 is 0 Å². The predicted octanol–water partition coefficient (Wildman–Crippen LogP) is 1.11. The number of carboxylic acid groups (broad SMARTS) is 1. The van der Waals surface area contributed by atoms with Crippen molar-refractivity contribution in [2.45, 2.75) is 0 Å². The van der Waals surface area contributed by atoms with Gasteiger partial charge in [-0.25, -0.2) is 9.78 Å². The average Bonchev–Trinajstić information content (AvgIpc) is 2.49. The third kappa shape index (κ3) is 1.10. The van der Waals surface area contributed by atoms with Crippen molar-refractivity contribution < 1.29 is 14.3 Å². The fourth-order valence-corrected chi connectivity index (χ4v) is 1.06. The molecule has 0 aliphatic heterocycles. The van der Waals surface area contributed by atoms with Gasteiger partial charge in [-0.15, -0.1) is 0 Å². The number of nitrogen functional groups attached to an aromatic ring is 1. The van der Waals surface area contributed by atoms with Crippen molar-refractivity contribution in [1.82, 2.24) is 4.98 Å². The van der Waals surface area contributed by atoms with E-state index in [1.165, 1.54) is 12.3 Å². The largest absolute Gasteiger partial charge is 0.475 e. The van der Waals surface area contributed by atoms with E-state index in [1.54, 1.807) is 6.07 Å². The summed E-state index contributed by atoms with van der Waals surface area (Å²) in [5.41, 5.74) is 6.28. The second-order valence-corrected chi connectivity index (χ2v) is 2.53. The molecule has 0 atom stereocenters. The quantitative estimate of drug-likeness (QED) is 0.682. The molecule has 0 radical (unpaired) electrons. The Hall–Kier alpha value is -2.04. The van der Waals surface area contributed by atoms with Crippen LogP contribution in [0.5, 0.6) is 0 Å². The van der Waals surface area contributed by atoms with E-state index in [0.717, 1.165) is 0 Å². The molecule has 2 aromatic rings. The Bertz CT molecular complexity index is 475. The van der Waals surface area contributed by atoms with Crippen LogP contribution in [-0.4, -0.2) is 16.1 Å². The number of nitrogens with two attached hydrogens (primary N) is 1. The maximum Gasteiger partial charge on any atom is 0.371 e. The maximum absolute atomic E-state index is 10.5. The number of rotatable bonds is 1. The summed E-state index contributed by atoms with van der Waals surface area (Å²) in [4.78, 5) is 14.4. The van der Waals surface area contributed by atoms with Gasteiger partial charge in [0.2, 0.25) is 11.5 Å². The number of aromatic carboxylic acids is 1. The van der Waals surface area contributed by atoms with Crippen LogP contribution in [0.3, 0.4) is 0 Å². The number of aromatic nitrogens is 1. The van der Waals surface area contributed by atoms with Crippen LogP contribution in [0.1, 0.15) is 10.6 Å². The molecule has 0 unspecified atom stereocenters. The molecular formula is C8H6N2O3. The molecule has 0 aliphatic rings. The number of furan rings is 1. The molecule has 3 N–H and O–H groups in total. The summed E-state index contributed by atoms with van der Waals surface area (Å²) in [6.45, 7) is 0. The molecule has 66 valence electrons. The minimum absolute atomic E-state index is 0.152. The topological polar surface area (TPSA) is 89.4 Å². The summed E-state index contributed by atoms with van der Waals surface area (Å²) in [5.74, 6) is -1.28. The summed E-state index contributed by atoms with van der Waals surface area (Å²) in [7, 11) is 0. The van der Waals surface area contributed by atoms with E-state index in [-0.39, 0.29) is 11.5 Å². The number of carbonyl (C=O) groups is 1. The predicted molar refractivity (Wildman–Crippen MR) is 45.4 cm³/mol. The molecule has 0 aromatic carbocycles. The highest BCUT2D eigenvalue weighted by atomic mass is 16.4. The molecule has 2 heterocycles. The van der Waals surface area contributed by atoms with E-state index < -0.39 is 5.97 Å². The van der Waals surface area contributed by atoms with Crippen molar-refractivity contribution in [1.29, 1.82) is 0 Å². The molecular weight excluding hydrogens is 172 g/mol. The summed E-state index contributed by atoms with van der Waals surface area (Å²) >= 11 is 0. The first-order chi connectivity index (χ1) is 6.18. The van der Waals surface area contributed by atoms with Crippen LogP contribution in [0.25, 0.3) is 11.1 Å². The summed E-state index contributed by atoms with van der Waals surface area (Å²) in [5, 5.41) is 9.14. The number of carboxylic acids is 1. The zero-order chi connectivity index (χ0) is 9.42. The van der Waals surface area contributed by atoms with Gasteiger partial charge in [-0.05, 0) is 6.07 Å². The molecule has 5 heteroatoms. The lowest BCUT2D eigenvalue weighted by Crippen LogP contribution is -1.91. The molecule has 5 nitrogen and oxygen atoms in total. The molecule has 0 saturated carbocycles. The zero-order valence-corrected chi connectivity index (χ0v) is 6.52. The highest BCUT2D eigenvalue weighted by Crippen LogP contribution is 2.22. The van der Waals surface area contributed by atoms with Crippen molar-refractivity contribution >= 4 is 22.8 Å². The summed E-state index contributed by atoms with van der Waals surface area (Å²) < 4.78 is 4.92. The Kier molecular flexibility index (Phi) is 1.45. The molecule has 0 aliphatic carbocycles. The van der Waals surface area contributed by atoms with Gasteiger partial charge in [0, 0.05) is 18.0 Å². The van der Waals surface area contributed by atoms with Gasteiger partial charge in [0.05, 0.1) is 5.39 Å². The Morgan fingerprint density at radius 3 is 3.00 bits per heavy atom. The third-order valence-electron chi connectivity index (χ3n) is 1.68. The first-order valence-electron chi connectivity index (χ1n) is 3.56. The van der Waals surface area contributed by atoms with Gasteiger partial charge in [-0.3, -0.25) is 0 Å². The lowest BCUT2D eigenvalue weighted by atomic mass is 10.3. The van der Waals surface area contributed by atoms with Gasteiger partial charge in [-0.2, -0.15) is 0 Å². The van der Waals surface area contributed by atoms with Crippen molar-refractivity contribution in [3.05, 3.63) is 24.1 Å². The number of fused-ring (bicyclic) bond motifs is 1. The van der Waals surface area contributed by atoms with Crippen LogP contribution in [0.15, 0.2) is 22.7 Å². The van der Waals surface area contributed by atoms with E-state index in [1.807, 2.05) is 0 Å². The van der Waals surface area contributed by atoms with Gasteiger partial charge in [0.15, 0.2) is 0 Å². The molecule has 0 bridgehead atoms. The van der Waals surface area contributed by atoms with Crippen LogP contribution in [0, 0.1) is 0 Å². The first kappa shape index (κ1) is 7.60. The van der Waals surface area contributed by atoms with E-state index in [0.29, 0.717) is 11.1 Å². The van der Waals surface area contributed by atoms with Crippen LogP contribution < -0.4 is 5.73 Å². The lowest BCUT2D eigenvalue weighted by molar-refractivity contribution is 0.0664. The Labute approximate surface area is 72.8 Å². The number of anilines is 1. The molecule has 2 rings (SSSR count). The second-order valence-electron chi connectivity index (χ2n) is 2.53. The van der Waals surface area contributed by atoms with E-state index in [4.69, 9.17) is 15.3 Å². The Morgan fingerprint density at radius 1 is 1.62 bits per heavy atom. The molecule has 0 fully saturated rings. The smallest absolute Gasteiger partial charge is 0.371 e. The molecule has 13 heavy (non-hydrogen) atoms. The minimum atomic E-state index is -1.13. The van der Waals surface area contributed by atoms with Gasteiger partial charge in [0.1, 0.15) is 0 Å². The van der Waals surface area contributed by atoms with Crippen molar-refractivity contribution in [2.75, 3.05) is 5.73 Å². The number of pyridine rings is 1. The average molecular weight is 178 g/mol. The van der Waals surface area contributed by atoms with Crippen LogP contribution in [0.4, 0.5) is 5.69 Å². The fourth-order valence-electron chi connectivity index (χ4n) is 1.06.